The van der Waals surface area contributed by atoms with Gasteiger partial charge < -0.3 is 20.7 Å². The highest BCUT2D eigenvalue weighted by atomic mass is 16.5. The van der Waals surface area contributed by atoms with Crippen molar-refractivity contribution in [2.45, 2.75) is 63.8 Å². The minimum Gasteiger partial charge on any atom is -0.494 e. The summed E-state index contributed by atoms with van der Waals surface area (Å²) in [7, 11) is 0. The maximum atomic E-state index is 9.54. The molecule has 2 rings (SSSR count). The van der Waals surface area contributed by atoms with Crippen molar-refractivity contribution < 1.29 is 14.9 Å². The summed E-state index contributed by atoms with van der Waals surface area (Å²) in [5, 5.41) is 19.1. The van der Waals surface area contributed by atoms with Crippen LogP contribution in [-0.4, -0.2) is 35.6 Å². The lowest BCUT2D eigenvalue weighted by Gasteiger charge is -2.37. The van der Waals surface area contributed by atoms with Crippen LogP contribution in [0.1, 0.15) is 56.6 Å². The molecule has 1 aliphatic rings. The van der Waals surface area contributed by atoms with Crippen LogP contribution in [0.25, 0.3) is 0 Å². The molecule has 136 valence electrons. The van der Waals surface area contributed by atoms with E-state index in [1.165, 1.54) is 36.8 Å². The number of nitrogens with two attached hydrogens (primary N) is 1. The van der Waals surface area contributed by atoms with E-state index in [1.54, 1.807) is 0 Å². The Labute approximate surface area is 146 Å². The molecule has 0 saturated carbocycles. The van der Waals surface area contributed by atoms with Gasteiger partial charge >= 0.3 is 0 Å². The van der Waals surface area contributed by atoms with Crippen LogP contribution >= 0.6 is 0 Å². The van der Waals surface area contributed by atoms with Crippen LogP contribution in [0.5, 0.6) is 5.75 Å². The number of aliphatic hydroxyl groups is 2. The third kappa shape index (κ3) is 4.95. The van der Waals surface area contributed by atoms with E-state index in [-0.39, 0.29) is 19.1 Å². The second kappa shape index (κ2) is 9.40. The number of rotatable bonds is 10. The van der Waals surface area contributed by atoms with Crippen molar-refractivity contribution >= 4 is 0 Å². The van der Waals surface area contributed by atoms with Crippen molar-refractivity contribution in [1.82, 2.24) is 0 Å². The van der Waals surface area contributed by atoms with E-state index in [4.69, 9.17) is 10.5 Å². The third-order valence-corrected chi connectivity index (χ3v) is 5.32. The fourth-order valence-corrected chi connectivity index (χ4v) is 3.52. The topological polar surface area (TPSA) is 75.7 Å². The molecular weight excluding hydrogens is 302 g/mol. The van der Waals surface area contributed by atoms with Gasteiger partial charge in [0.05, 0.1) is 25.4 Å². The van der Waals surface area contributed by atoms with Gasteiger partial charge in [0.2, 0.25) is 0 Å². The van der Waals surface area contributed by atoms with Crippen molar-refractivity contribution in [3.63, 3.8) is 0 Å². The summed E-state index contributed by atoms with van der Waals surface area (Å²) in [6.07, 6.45) is 8.81. The molecule has 4 nitrogen and oxygen atoms in total. The zero-order chi connectivity index (χ0) is 17.4. The molecule has 0 fully saturated rings. The molecular formula is C20H33NO3. The Hall–Kier alpha value is -1.10. The molecule has 0 bridgehead atoms. The minimum absolute atomic E-state index is 0.101. The predicted octanol–water partition coefficient (Wildman–Crippen LogP) is 2.82. The summed E-state index contributed by atoms with van der Waals surface area (Å²) >= 11 is 0. The third-order valence-electron chi connectivity index (χ3n) is 5.32. The van der Waals surface area contributed by atoms with Crippen LogP contribution < -0.4 is 10.5 Å². The Bertz CT molecular complexity index is 500. The van der Waals surface area contributed by atoms with E-state index in [1.807, 2.05) is 0 Å². The average molecular weight is 335 g/mol. The normalized spacial score (nSPS) is 17.6. The van der Waals surface area contributed by atoms with Gasteiger partial charge in [-0.3, -0.25) is 0 Å². The van der Waals surface area contributed by atoms with Crippen LogP contribution in [0.3, 0.4) is 0 Å². The standard InChI is InChI=1S/C20H33NO3/c1-2-3-4-5-6-11-24-19-10-8-16-7-9-18(12-17(16)13-19)20(21,14-22)15-23/h8,10,13,18,22-23H,2-7,9,11-12,14-15,21H2,1H3. The lowest BCUT2D eigenvalue weighted by molar-refractivity contribution is 0.0690. The van der Waals surface area contributed by atoms with E-state index in [2.05, 4.69) is 25.1 Å². The van der Waals surface area contributed by atoms with E-state index >= 15 is 0 Å². The molecule has 0 radical (unpaired) electrons. The first-order valence-electron chi connectivity index (χ1n) is 9.38. The summed E-state index contributed by atoms with van der Waals surface area (Å²) in [4.78, 5) is 0. The second-order valence-electron chi connectivity index (χ2n) is 7.18. The summed E-state index contributed by atoms with van der Waals surface area (Å²) in [5.41, 5.74) is 7.85. The Morgan fingerprint density at radius 2 is 1.88 bits per heavy atom. The fourth-order valence-electron chi connectivity index (χ4n) is 3.52. The van der Waals surface area contributed by atoms with E-state index in [9.17, 15) is 10.2 Å². The van der Waals surface area contributed by atoms with Crippen LogP contribution in [0, 0.1) is 5.92 Å². The first-order valence-corrected chi connectivity index (χ1v) is 9.38. The SMILES string of the molecule is CCCCCCCOc1ccc2c(c1)CC(C(N)(CO)CO)CC2. The van der Waals surface area contributed by atoms with Gasteiger partial charge in [-0.05, 0) is 54.9 Å². The maximum Gasteiger partial charge on any atom is 0.119 e. The van der Waals surface area contributed by atoms with E-state index in [0.29, 0.717) is 0 Å². The highest BCUT2D eigenvalue weighted by Crippen LogP contribution is 2.33. The first-order chi connectivity index (χ1) is 11.6. The van der Waals surface area contributed by atoms with Crippen molar-refractivity contribution in [2.24, 2.45) is 11.7 Å². The molecule has 1 aliphatic carbocycles. The van der Waals surface area contributed by atoms with Crippen molar-refractivity contribution in [3.05, 3.63) is 29.3 Å². The summed E-state index contributed by atoms with van der Waals surface area (Å²) < 4.78 is 5.90. The molecule has 0 spiro atoms. The van der Waals surface area contributed by atoms with Gasteiger partial charge in [0.25, 0.3) is 0 Å². The smallest absolute Gasteiger partial charge is 0.119 e. The zero-order valence-electron chi connectivity index (χ0n) is 15.0. The van der Waals surface area contributed by atoms with Crippen molar-refractivity contribution in [1.29, 1.82) is 0 Å². The molecule has 1 aromatic carbocycles. The molecule has 0 heterocycles. The van der Waals surface area contributed by atoms with Crippen LogP contribution in [0.2, 0.25) is 0 Å². The molecule has 1 aromatic rings. The minimum atomic E-state index is -0.895. The lowest BCUT2D eigenvalue weighted by atomic mass is 9.73. The van der Waals surface area contributed by atoms with E-state index < -0.39 is 5.54 Å². The molecule has 0 aromatic heterocycles. The highest BCUT2D eigenvalue weighted by molar-refractivity contribution is 5.38. The van der Waals surface area contributed by atoms with Crippen molar-refractivity contribution in [3.8, 4) is 5.75 Å². The maximum absolute atomic E-state index is 9.54. The van der Waals surface area contributed by atoms with Gasteiger partial charge in [-0.15, -0.1) is 0 Å². The molecule has 4 heteroatoms. The molecule has 1 atom stereocenters. The summed E-state index contributed by atoms with van der Waals surface area (Å²) in [5.74, 6) is 1.02. The lowest BCUT2D eigenvalue weighted by Crippen LogP contribution is -2.55. The van der Waals surface area contributed by atoms with Gasteiger partial charge in [-0.1, -0.05) is 38.7 Å². The molecule has 1 unspecified atom stereocenters. The first kappa shape index (κ1) is 19.2. The predicted molar refractivity (Wildman–Crippen MR) is 97.3 cm³/mol. The quantitative estimate of drug-likeness (QED) is 0.575. The molecule has 0 amide bonds. The van der Waals surface area contributed by atoms with Gasteiger partial charge in [0.1, 0.15) is 5.75 Å². The Balaban J connectivity index is 1.90. The number of unbranched alkanes of at least 4 members (excludes halogenated alkanes) is 4. The van der Waals surface area contributed by atoms with Gasteiger partial charge in [-0.2, -0.15) is 0 Å². The van der Waals surface area contributed by atoms with Crippen LogP contribution in [-0.2, 0) is 12.8 Å². The Morgan fingerprint density at radius 1 is 1.12 bits per heavy atom. The Kier molecular flexibility index (Phi) is 7.53. The van der Waals surface area contributed by atoms with Gasteiger partial charge in [-0.25, -0.2) is 0 Å². The molecule has 24 heavy (non-hydrogen) atoms. The van der Waals surface area contributed by atoms with Crippen LogP contribution in [0.4, 0.5) is 0 Å². The average Bonchev–Trinajstić information content (AvgIpc) is 2.63. The number of aryl methyl sites for hydroxylation is 1. The summed E-state index contributed by atoms with van der Waals surface area (Å²) in [6, 6.07) is 6.32. The second-order valence-corrected chi connectivity index (χ2v) is 7.18. The largest absolute Gasteiger partial charge is 0.494 e. The number of hydrogen-bond acceptors (Lipinski definition) is 4. The fraction of sp³-hybridized carbons (Fsp3) is 0.700. The molecule has 0 aliphatic heterocycles. The molecule has 4 N–H and O–H groups in total. The highest BCUT2D eigenvalue weighted by Gasteiger charge is 2.36. The zero-order valence-corrected chi connectivity index (χ0v) is 15.0. The van der Waals surface area contributed by atoms with Gasteiger partial charge in [0, 0.05) is 0 Å². The number of ether oxygens (including phenoxy) is 1. The molecule has 0 saturated heterocycles. The number of hydrogen-bond donors (Lipinski definition) is 3. The monoisotopic (exact) mass is 335 g/mol. The van der Waals surface area contributed by atoms with E-state index in [0.717, 1.165) is 38.0 Å². The van der Waals surface area contributed by atoms with Crippen molar-refractivity contribution in [2.75, 3.05) is 19.8 Å². The van der Waals surface area contributed by atoms with Crippen LogP contribution in [0.15, 0.2) is 18.2 Å². The van der Waals surface area contributed by atoms with Gasteiger partial charge in [0.15, 0.2) is 0 Å². The Morgan fingerprint density at radius 3 is 2.58 bits per heavy atom. The number of fused-ring (bicyclic) bond motifs is 1. The number of benzene rings is 1. The number of aliphatic hydroxyl groups excluding tert-OH is 2. The summed E-state index contributed by atoms with van der Waals surface area (Å²) in [6.45, 7) is 2.62.